The van der Waals surface area contributed by atoms with Crippen LogP contribution in [-0.4, -0.2) is 11.8 Å². The van der Waals surface area contributed by atoms with Crippen molar-refractivity contribution in [3.63, 3.8) is 0 Å². The van der Waals surface area contributed by atoms with Crippen LogP contribution in [0.5, 0.6) is 0 Å². The van der Waals surface area contributed by atoms with Crippen molar-refractivity contribution in [3.05, 3.63) is 35.9 Å². The first-order chi connectivity index (χ1) is 5.64. The van der Waals surface area contributed by atoms with Gasteiger partial charge >= 0.3 is 0 Å². The first-order valence-corrected chi connectivity index (χ1v) is 3.93. The Morgan fingerprint density at radius 1 is 1.42 bits per heavy atom. The third-order valence-corrected chi connectivity index (χ3v) is 1.70. The van der Waals surface area contributed by atoms with Crippen LogP contribution in [0.3, 0.4) is 0 Å². The van der Waals surface area contributed by atoms with Crippen LogP contribution < -0.4 is 5.73 Å². The minimum absolute atomic E-state index is 0.595. The fourth-order valence-corrected chi connectivity index (χ4v) is 1.08. The molecule has 1 unspecified atom stereocenters. The molecule has 0 heterocycles. The molecule has 0 aliphatic carbocycles. The highest BCUT2D eigenvalue weighted by Crippen LogP contribution is 2.07. The smallest absolute Gasteiger partial charge is 0.139 e. The number of benzene rings is 1. The minimum atomic E-state index is -0.735. The van der Waals surface area contributed by atoms with Crippen LogP contribution in [0, 0.1) is 0 Å². The maximum Gasteiger partial charge on any atom is 0.139 e. The highest BCUT2D eigenvalue weighted by atomic mass is 16.1. The molecule has 0 aliphatic rings. The Balaban J connectivity index is 2.70. The molecule has 0 spiro atoms. The van der Waals surface area contributed by atoms with Gasteiger partial charge < -0.3 is 10.5 Å². The summed E-state index contributed by atoms with van der Waals surface area (Å²) in [7, 11) is 0. The quantitative estimate of drug-likeness (QED) is 0.679. The first-order valence-electron chi connectivity index (χ1n) is 3.93. The zero-order valence-corrected chi connectivity index (χ0v) is 7.16. The number of nitrogens with two attached hydrogens (primary N) is 1. The number of aldehydes is 1. The molecule has 1 atom stereocenters. The number of rotatable bonds is 3. The lowest BCUT2D eigenvalue weighted by Gasteiger charge is -2.16. The SMILES string of the molecule is CC(N)(C=O)Cc1ccccc1. The molecule has 0 aliphatic heterocycles. The molecule has 0 bridgehead atoms. The summed E-state index contributed by atoms with van der Waals surface area (Å²) in [4.78, 5) is 10.5. The maximum atomic E-state index is 10.5. The average molecular weight is 163 g/mol. The molecule has 1 aromatic carbocycles. The van der Waals surface area contributed by atoms with E-state index in [2.05, 4.69) is 0 Å². The van der Waals surface area contributed by atoms with E-state index < -0.39 is 5.54 Å². The van der Waals surface area contributed by atoms with E-state index in [9.17, 15) is 4.79 Å². The topological polar surface area (TPSA) is 43.1 Å². The van der Waals surface area contributed by atoms with Crippen LogP contribution in [-0.2, 0) is 11.2 Å². The third-order valence-electron chi connectivity index (χ3n) is 1.70. The molecule has 2 heteroatoms. The van der Waals surface area contributed by atoms with Crippen molar-refractivity contribution in [3.8, 4) is 0 Å². The Bertz CT molecular complexity index is 254. The Hall–Kier alpha value is -1.15. The lowest BCUT2D eigenvalue weighted by Crippen LogP contribution is -2.40. The fraction of sp³-hybridized carbons (Fsp3) is 0.300. The van der Waals surface area contributed by atoms with Gasteiger partial charge in [-0.15, -0.1) is 0 Å². The van der Waals surface area contributed by atoms with Gasteiger partial charge in [0.25, 0.3) is 0 Å². The lowest BCUT2D eigenvalue weighted by atomic mass is 9.96. The van der Waals surface area contributed by atoms with Gasteiger partial charge in [0.15, 0.2) is 0 Å². The number of hydrogen-bond acceptors (Lipinski definition) is 2. The summed E-state index contributed by atoms with van der Waals surface area (Å²) in [5.41, 5.74) is 6.04. The van der Waals surface area contributed by atoms with E-state index in [-0.39, 0.29) is 0 Å². The number of hydrogen-bond donors (Lipinski definition) is 1. The van der Waals surface area contributed by atoms with E-state index in [1.165, 1.54) is 0 Å². The largest absolute Gasteiger partial charge is 0.319 e. The minimum Gasteiger partial charge on any atom is -0.319 e. The average Bonchev–Trinajstić information content (AvgIpc) is 2.06. The summed E-state index contributed by atoms with van der Waals surface area (Å²) in [5.74, 6) is 0. The summed E-state index contributed by atoms with van der Waals surface area (Å²) in [6, 6.07) is 9.76. The summed E-state index contributed by atoms with van der Waals surface area (Å²) in [6.45, 7) is 1.73. The zero-order chi connectivity index (χ0) is 9.03. The number of carbonyl (C=O) groups is 1. The van der Waals surface area contributed by atoms with Crippen LogP contribution in [0.1, 0.15) is 12.5 Å². The van der Waals surface area contributed by atoms with Crippen molar-refractivity contribution < 1.29 is 4.79 Å². The van der Waals surface area contributed by atoms with Gasteiger partial charge in [-0.3, -0.25) is 0 Å². The van der Waals surface area contributed by atoms with Crippen molar-refractivity contribution in [1.82, 2.24) is 0 Å². The third kappa shape index (κ3) is 2.47. The molecule has 64 valence electrons. The molecule has 0 amide bonds. The van der Waals surface area contributed by atoms with Crippen molar-refractivity contribution in [2.24, 2.45) is 5.73 Å². The van der Waals surface area contributed by atoms with Gasteiger partial charge in [0.1, 0.15) is 6.29 Å². The molecule has 12 heavy (non-hydrogen) atoms. The molecule has 0 saturated carbocycles. The van der Waals surface area contributed by atoms with E-state index in [0.717, 1.165) is 11.8 Å². The van der Waals surface area contributed by atoms with Gasteiger partial charge in [0.2, 0.25) is 0 Å². The molecule has 2 N–H and O–H groups in total. The molecule has 0 fully saturated rings. The molecule has 2 nitrogen and oxygen atoms in total. The molecular weight excluding hydrogens is 150 g/mol. The van der Waals surface area contributed by atoms with E-state index >= 15 is 0 Å². The fourth-order valence-electron chi connectivity index (χ4n) is 1.08. The second-order valence-corrected chi connectivity index (χ2v) is 3.29. The molecule has 0 aromatic heterocycles. The van der Waals surface area contributed by atoms with Crippen LogP contribution >= 0.6 is 0 Å². The van der Waals surface area contributed by atoms with E-state index in [1.54, 1.807) is 6.92 Å². The second-order valence-electron chi connectivity index (χ2n) is 3.29. The molecule has 1 rings (SSSR count). The van der Waals surface area contributed by atoms with Crippen LogP contribution in [0.2, 0.25) is 0 Å². The Kier molecular flexibility index (Phi) is 2.61. The monoisotopic (exact) mass is 163 g/mol. The van der Waals surface area contributed by atoms with Crippen molar-refractivity contribution in [2.45, 2.75) is 18.9 Å². The Morgan fingerprint density at radius 2 is 2.00 bits per heavy atom. The van der Waals surface area contributed by atoms with Crippen LogP contribution in [0.25, 0.3) is 0 Å². The molecule has 0 radical (unpaired) electrons. The van der Waals surface area contributed by atoms with Crippen LogP contribution in [0.15, 0.2) is 30.3 Å². The standard InChI is InChI=1S/C10H13NO/c1-10(11,8-12)7-9-5-3-2-4-6-9/h2-6,8H,7,11H2,1H3. The van der Waals surface area contributed by atoms with E-state index in [0.29, 0.717) is 6.42 Å². The summed E-state index contributed by atoms with van der Waals surface area (Å²) >= 11 is 0. The van der Waals surface area contributed by atoms with Gasteiger partial charge in [0, 0.05) is 0 Å². The maximum absolute atomic E-state index is 10.5. The second kappa shape index (κ2) is 3.50. The van der Waals surface area contributed by atoms with Gasteiger partial charge in [-0.25, -0.2) is 0 Å². The number of carbonyl (C=O) groups excluding carboxylic acids is 1. The molecular formula is C10H13NO. The van der Waals surface area contributed by atoms with E-state index in [4.69, 9.17) is 5.73 Å². The summed E-state index contributed by atoms with van der Waals surface area (Å²) in [5, 5.41) is 0. The molecule has 1 aromatic rings. The van der Waals surface area contributed by atoms with Gasteiger partial charge in [-0.05, 0) is 18.9 Å². The first kappa shape index (κ1) is 8.94. The van der Waals surface area contributed by atoms with Crippen molar-refractivity contribution in [2.75, 3.05) is 0 Å². The van der Waals surface area contributed by atoms with Gasteiger partial charge in [0.05, 0.1) is 5.54 Å². The highest BCUT2D eigenvalue weighted by Gasteiger charge is 2.16. The highest BCUT2D eigenvalue weighted by molar-refractivity contribution is 5.63. The van der Waals surface area contributed by atoms with Crippen molar-refractivity contribution >= 4 is 6.29 Å². The lowest BCUT2D eigenvalue weighted by molar-refractivity contribution is -0.111. The Morgan fingerprint density at radius 3 is 2.50 bits per heavy atom. The summed E-state index contributed by atoms with van der Waals surface area (Å²) < 4.78 is 0. The Labute approximate surface area is 72.4 Å². The molecule has 0 saturated heterocycles. The van der Waals surface area contributed by atoms with Crippen LogP contribution in [0.4, 0.5) is 0 Å². The zero-order valence-electron chi connectivity index (χ0n) is 7.16. The predicted molar refractivity (Wildman–Crippen MR) is 48.8 cm³/mol. The van der Waals surface area contributed by atoms with E-state index in [1.807, 2.05) is 30.3 Å². The van der Waals surface area contributed by atoms with Gasteiger partial charge in [-0.1, -0.05) is 30.3 Å². The predicted octanol–water partition coefficient (Wildman–Crippen LogP) is 1.15. The summed E-state index contributed by atoms with van der Waals surface area (Å²) in [6.07, 6.45) is 1.39. The van der Waals surface area contributed by atoms with Gasteiger partial charge in [-0.2, -0.15) is 0 Å². The normalized spacial score (nSPS) is 15.2. The van der Waals surface area contributed by atoms with Crippen molar-refractivity contribution in [1.29, 1.82) is 0 Å².